The van der Waals surface area contributed by atoms with Gasteiger partial charge in [0.15, 0.2) is 5.58 Å². The number of fused-ring (bicyclic) bond motifs is 1. The molecule has 1 aliphatic heterocycles. The predicted molar refractivity (Wildman–Crippen MR) is 72.3 cm³/mol. The van der Waals surface area contributed by atoms with Gasteiger partial charge in [0.2, 0.25) is 5.65 Å². The van der Waals surface area contributed by atoms with Crippen LogP contribution in [0.3, 0.4) is 0 Å². The van der Waals surface area contributed by atoms with E-state index in [9.17, 15) is 5.11 Å². The molecule has 0 bridgehead atoms. The van der Waals surface area contributed by atoms with E-state index in [0.717, 1.165) is 6.54 Å². The van der Waals surface area contributed by atoms with Crippen molar-refractivity contribution in [1.82, 2.24) is 14.9 Å². The summed E-state index contributed by atoms with van der Waals surface area (Å²) in [5.74, 6) is 0. The lowest BCUT2D eigenvalue weighted by Gasteiger charge is -2.33. The van der Waals surface area contributed by atoms with Gasteiger partial charge < -0.3 is 19.7 Å². The minimum atomic E-state index is -0.326. The van der Waals surface area contributed by atoms with Crippen molar-refractivity contribution in [1.29, 1.82) is 0 Å². The molecule has 19 heavy (non-hydrogen) atoms. The highest BCUT2D eigenvalue weighted by molar-refractivity contribution is 6.29. The molecule has 0 saturated carbocycles. The third kappa shape index (κ3) is 2.80. The number of aliphatic hydroxyl groups is 1. The van der Waals surface area contributed by atoms with Crippen LogP contribution in [0.25, 0.3) is 11.2 Å². The molecule has 2 aromatic heterocycles. The Balaban J connectivity index is 1.77. The van der Waals surface area contributed by atoms with Gasteiger partial charge in [0, 0.05) is 19.1 Å². The lowest BCUT2D eigenvalue weighted by Crippen LogP contribution is -2.46. The molecule has 1 unspecified atom stereocenters. The highest BCUT2D eigenvalue weighted by Crippen LogP contribution is 2.21. The van der Waals surface area contributed by atoms with Crippen molar-refractivity contribution in [2.24, 2.45) is 0 Å². The number of likely N-dealkylation sites (N-methyl/N-ethyl adjacent to an activating group) is 1. The first kappa shape index (κ1) is 12.7. The summed E-state index contributed by atoms with van der Waals surface area (Å²) >= 11 is 5.81. The number of piperidine rings is 1. The van der Waals surface area contributed by atoms with E-state index in [2.05, 4.69) is 20.2 Å². The van der Waals surface area contributed by atoms with Crippen molar-refractivity contribution in [3.05, 3.63) is 17.3 Å². The zero-order chi connectivity index (χ0) is 13.4. The first-order valence-corrected chi connectivity index (χ1v) is 6.54. The number of hydrogen-bond acceptors (Lipinski definition) is 6. The van der Waals surface area contributed by atoms with Gasteiger partial charge in [0.1, 0.15) is 5.15 Å². The van der Waals surface area contributed by atoms with Crippen molar-refractivity contribution < 1.29 is 9.52 Å². The second-order valence-corrected chi connectivity index (χ2v) is 5.31. The number of β-amino-alcohol motifs (C(OH)–C–C–N with tert-alkyl or cyclic N) is 1. The number of pyridine rings is 1. The Labute approximate surface area is 115 Å². The van der Waals surface area contributed by atoms with Gasteiger partial charge >= 0.3 is 0 Å². The summed E-state index contributed by atoms with van der Waals surface area (Å²) in [5.41, 5.74) is 1.08. The van der Waals surface area contributed by atoms with E-state index in [1.165, 1.54) is 0 Å². The van der Waals surface area contributed by atoms with Gasteiger partial charge in [0.05, 0.1) is 6.10 Å². The number of rotatable bonds is 2. The van der Waals surface area contributed by atoms with Crippen LogP contribution in [-0.4, -0.2) is 52.3 Å². The maximum Gasteiger partial charge on any atom is 0.297 e. The number of aromatic nitrogens is 2. The Morgan fingerprint density at radius 2 is 2.26 bits per heavy atom. The van der Waals surface area contributed by atoms with Gasteiger partial charge in [-0.3, -0.25) is 0 Å². The van der Waals surface area contributed by atoms with Crippen LogP contribution in [0.4, 0.5) is 6.01 Å². The first-order chi connectivity index (χ1) is 9.10. The molecule has 1 aliphatic rings. The van der Waals surface area contributed by atoms with E-state index in [-0.39, 0.29) is 12.1 Å². The average Bonchev–Trinajstić information content (AvgIpc) is 2.68. The summed E-state index contributed by atoms with van der Waals surface area (Å²) in [6.07, 6.45) is 0.352. The molecule has 1 fully saturated rings. The summed E-state index contributed by atoms with van der Waals surface area (Å²) in [6, 6.07) is 3.93. The largest absolute Gasteiger partial charge is 0.422 e. The van der Waals surface area contributed by atoms with Crippen LogP contribution < -0.4 is 5.32 Å². The van der Waals surface area contributed by atoms with E-state index in [1.54, 1.807) is 12.1 Å². The molecular weight excluding hydrogens is 268 g/mol. The zero-order valence-electron chi connectivity index (χ0n) is 10.5. The number of aliphatic hydroxyl groups excluding tert-OH is 1. The monoisotopic (exact) mass is 282 g/mol. The van der Waals surface area contributed by atoms with Crippen LogP contribution in [0, 0.1) is 0 Å². The lowest BCUT2D eigenvalue weighted by atomic mass is 10.0. The Kier molecular flexibility index (Phi) is 3.30. The van der Waals surface area contributed by atoms with Crippen molar-refractivity contribution in [3.63, 3.8) is 0 Å². The van der Waals surface area contributed by atoms with Crippen molar-refractivity contribution in [2.75, 3.05) is 25.5 Å². The van der Waals surface area contributed by atoms with Gasteiger partial charge in [-0.1, -0.05) is 11.6 Å². The number of likely N-dealkylation sites (tertiary alicyclic amines) is 1. The quantitative estimate of drug-likeness (QED) is 0.810. The summed E-state index contributed by atoms with van der Waals surface area (Å²) in [7, 11) is 1.98. The third-order valence-electron chi connectivity index (χ3n) is 3.16. The number of hydrogen-bond donors (Lipinski definition) is 2. The molecule has 0 spiro atoms. The van der Waals surface area contributed by atoms with Crippen LogP contribution in [0.15, 0.2) is 16.5 Å². The standard InChI is InChI=1S/C12H15ClN4O2/c1-17-5-7(4-8(18)6-17)14-12-16-11-9(19-12)2-3-10(13)15-11/h2-3,7-8,18H,4-6H2,1H3,(H,14,15,16)/t7?,8-/m1/s1. The molecule has 1 saturated heterocycles. The van der Waals surface area contributed by atoms with Crippen LogP contribution >= 0.6 is 11.6 Å². The molecule has 7 heteroatoms. The highest BCUT2D eigenvalue weighted by atomic mass is 35.5. The molecule has 3 heterocycles. The summed E-state index contributed by atoms with van der Waals surface area (Å²) in [5, 5.41) is 13.3. The zero-order valence-corrected chi connectivity index (χ0v) is 11.3. The van der Waals surface area contributed by atoms with Gasteiger partial charge in [-0.15, -0.1) is 0 Å². The van der Waals surface area contributed by atoms with E-state index >= 15 is 0 Å². The highest BCUT2D eigenvalue weighted by Gasteiger charge is 2.24. The van der Waals surface area contributed by atoms with Gasteiger partial charge in [-0.05, 0) is 25.6 Å². The Morgan fingerprint density at radius 1 is 1.42 bits per heavy atom. The number of anilines is 1. The molecule has 6 nitrogen and oxygen atoms in total. The van der Waals surface area contributed by atoms with Crippen molar-refractivity contribution in [3.8, 4) is 0 Å². The lowest BCUT2D eigenvalue weighted by molar-refractivity contribution is 0.0775. The Bertz CT molecular complexity index is 578. The van der Waals surface area contributed by atoms with Crippen LogP contribution in [0.1, 0.15) is 6.42 Å². The van der Waals surface area contributed by atoms with Crippen LogP contribution in [-0.2, 0) is 0 Å². The van der Waals surface area contributed by atoms with E-state index in [0.29, 0.717) is 35.4 Å². The maximum atomic E-state index is 9.74. The van der Waals surface area contributed by atoms with Crippen molar-refractivity contribution >= 4 is 28.8 Å². The number of oxazole rings is 1. The second-order valence-electron chi connectivity index (χ2n) is 4.93. The number of nitrogens with zero attached hydrogens (tertiary/aromatic N) is 3. The topological polar surface area (TPSA) is 74.4 Å². The fraction of sp³-hybridized carbons (Fsp3) is 0.500. The molecule has 0 aliphatic carbocycles. The molecule has 0 aromatic carbocycles. The molecule has 102 valence electrons. The van der Waals surface area contributed by atoms with Gasteiger partial charge in [-0.25, -0.2) is 4.98 Å². The second kappa shape index (κ2) is 4.96. The molecule has 2 aromatic rings. The van der Waals surface area contributed by atoms with Gasteiger partial charge in [-0.2, -0.15) is 4.98 Å². The van der Waals surface area contributed by atoms with E-state index in [1.807, 2.05) is 7.05 Å². The normalized spacial score (nSPS) is 24.8. The molecular formula is C12H15ClN4O2. The average molecular weight is 283 g/mol. The molecule has 3 rings (SSSR count). The van der Waals surface area contributed by atoms with Crippen LogP contribution in [0.5, 0.6) is 0 Å². The predicted octanol–water partition coefficient (Wildman–Crippen LogP) is 1.35. The summed E-state index contributed by atoms with van der Waals surface area (Å²) in [4.78, 5) is 10.4. The maximum absolute atomic E-state index is 9.74. The van der Waals surface area contributed by atoms with Crippen LogP contribution in [0.2, 0.25) is 5.15 Å². The summed E-state index contributed by atoms with van der Waals surface area (Å²) in [6.45, 7) is 1.53. The molecule has 2 N–H and O–H groups in total. The Hall–Kier alpha value is -1.37. The van der Waals surface area contributed by atoms with E-state index < -0.39 is 0 Å². The Morgan fingerprint density at radius 3 is 3.05 bits per heavy atom. The van der Waals surface area contributed by atoms with Crippen molar-refractivity contribution in [2.45, 2.75) is 18.6 Å². The number of halogens is 1. The fourth-order valence-corrected chi connectivity index (χ4v) is 2.57. The van der Waals surface area contributed by atoms with E-state index in [4.69, 9.17) is 16.0 Å². The minimum absolute atomic E-state index is 0.109. The molecule has 0 amide bonds. The van der Waals surface area contributed by atoms with Gasteiger partial charge in [0.25, 0.3) is 6.01 Å². The summed E-state index contributed by atoms with van der Waals surface area (Å²) < 4.78 is 5.55. The third-order valence-corrected chi connectivity index (χ3v) is 3.37. The molecule has 0 radical (unpaired) electrons. The first-order valence-electron chi connectivity index (χ1n) is 6.16. The smallest absolute Gasteiger partial charge is 0.297 e. The minimum Gasteiger partial charge on any atom is -0.422 e. The SMILES string of the molecule is CN1CC(Nc2nc3nc(Cl)ccc3o2)C[C@@H](O)C1. The fourth-order valence-electron chi connectivity index (χ4n) is 2.42. The number of nitrogens with one attached hydrogen (secondary N) is 1. The molecule has 2 atom stereocenters.